The van der Waals surface area contributed by atoms with Gasteiger partial charge in [-0.05, 0) is 61.6 Å². The average molecular weight is 369 g/mol. The fraction of sp³-hybridized carbons (Fsp3) is 0.739. The van der Waals surface area contributed by atoms with Gasteiger partial charge in [0.25, 0.3) is 0 Å². The molecule has 1 N–H and O–H groups in total. The first kappa shape index (κ1) is 24.5. The second kappa shape index (κ2) is 16.9. The van der Waals surface area contributed by atoms with Crippen molar-refractivity contribution in [3.63, 3.8) is 0 Å². The van der Waals surface area contributed by atoms with Crippen molar-refractivity contribution in [3.05, 3.63) is 33.8 Å². The van der Waals surface area contributed by atoms with Crippen LogP contribution in [0.4, 0.5) is 0 Å². The van der Waals surface area contributed by atoms with E-state index in [1.807, 2.05) is 0 Å². The molecule has 0 heterocycles. The number of aliphatic hydroxyl groups is 1. The second-order valence-corrected chi connectivity index (χ2v) is 7.41. The standard InChI is InChI=1S/C20H33ClO.C3H8/c1-3-5-7-11-17-15-18(12-8-6-4-2)20(21)19(16-17)13-9-10-14-22;1-3-2/h15-16,22H,3-14H2,1-2H3;3H2,1-2H3. The lowest BCUT2D eigenvalue weighted by Crippen LogP contribution is -1.98. The molecule has 0 saturated carbocycles. The maximum Gasteiger partial charge on any atom is 0.0470 e. The van der Waals surface area contributed by atoms with Crippen LogP contribution < -0.4 is 0 Å². The van der Waals surface area contributed by atoms with Crippen LogP contribution in [0.25, 0.3) is 0 Å². The highest BCUT2D eigenvalue weighted by molar-refractivity contribution is 6.32. The van der Waals surface area contributed by atoms with E-state index >= 15 is 0 Å². The van der Waals surface area contributed by atoms with Crippen molar-refractivity contribution >= 4 is 11.6 Å². The number of hydrogen-bond donors (Lipinski definition) is 1. The molecule has 0 aliphatic heterocycles. The zero-order valence-electron chi connectivity index (χ0n) is 17.2. The van der Waals surface area contributed by atoms with Gasteiger partial charge < -0.3 is 5.11 Å². The molecule has 1 nitrogen and oxygen atoms in total. The molecule has 0 saturated heterocycles. The summed E-state index contributed by atoms with van der Waals surface area (Å²) in [7, 11) is 0. The number of aliphatic hydroxyl groups excluding tert-OH is 1. The van der Waals surface area contributed by atoms with Gasteiger partial charge >= 0.3 is 0 Å². The van der Waals surface area contributed by atoms with Gasteiger partial charge in [-0.15, -0.1) is 0 Å². The van der Waals surface area contributed by atoms with E-state index < -0.39 is 0 Å². The number of rotatable bonds is 12. The lowest BCUT2D eigenvalue weighted by atomic mass is 9.95. The topological polar surface area (TPSA) is 20.2 Å². The van der Waals surface area contributed by atoms with Gasteiger partial charge in [-0.1, -0.05) is 83.5 Å². The minimum atomic E-state index is 0.275. The lowest BCUT2D eigenvalue weighted by Gasteiger charge is -2.13. The van der Waals surface area contributed by atoms with Gasteiger partial charge in [-0.25, -0.2) is 0 Å². The Bertz CT molecular complexity index is 397. The van der Waals surface area contributed by atoms with Crippen LogP contribution in [-0.4, -0.2) is 11.7 Å². The minimum absolute atomic E-state index is 0.275. The van der Waals surface area contributed by atoms with Gasteiger partial charge in [0.05, 0.1) is 0 Å². The van der Waals surface area contributed by atoms with Gasteiger partial charge in [0, 0.05) is 11.6 Å². The molecule has 0 fully saturated rings. The third-order valence-corrected chi connectivity index (χ3v) is 4.74. The van der Waals surface area contributed by atoms with E-state index in [1.165, 1.54) is 68.1 Å². The largest absolute Gasteiger partial charge is 0.396 e. The zero-order valence-corrected chi connectivity index (χ0v) is 17.9. The van der Waals surface area contributed by atoms with Crippen molar-refractivity contribution in [2.24, 2.45) is 0 Å². The Morgan fingerprint density at radius 3 is 1.60 bits per heavy atom. The van der Waals surface area contributed by atoms with Crippen LogP contribution in [0.15, 0.2) is 12.1 Å². The van der Waals surface area contributed by atoms with Crippen LogP contribution in [0.1, 0.15) is 102 Å². The number of unbranched alkanes of at least 4 members (excludes halogenated alkanes) is 5. The lowest BCUT2D eigenvalue weighted by molar-refractivity contribution is 0.284. The molecule has 0 bridgehead atoms. The molecule has 1 aromatic carbocycles. The van der Waals surface area contributed by atoms with Crippen LogP contribution in [0, 0.1) is 0 Å². The Kier molecular flexibility index (Phi) is 16.6. The summed E-state index contributed by atoms with van der Waals surface area (Å²) in [6, 6.07) is 4.64. The second-order valence-electron chi connectivity index (χ2n) is 7.03. The summed E-state index contributed by atoms with van der Waals surface area (Å²) in [5.74, 6) is 0. The molecule has 2 heteroatoms. The van der Waals surface area contributed by atoms with Gasteiger partial charge in [0.15, 0.2) is 0 Å². The molecule has 1 rings (SSSR count). The molecular formula is C23H41ClO. The number of aryl methyl sites for hydroxylation is 3. The van der Waals surface area contributed by atoms with E-state index in [0.29, 0.717) is 0 Å². The summed E-state index contributed by atoms with van der Waals surface area (Å²) in [5.41, 5.74) is 4.07. The van der Waals surface area contributed by atoms with E-state index in [-0.39, 0.29) is 6.61 Å². The average Bonchev–Trinajstić information content (AvgIpc) is 2.59. The molecule has 25 heavy (non-hydrogen) atoms. The highest BCUT2D eigenvalue weighted by Gasteiger charge is 2.09. The van der Waals surface area contributed by atoms with Gasteiger partial charge in [0.2, 0.25) is 0 Å². The summed E-state index contributed by atoms with van der Waals surface area (Å²) >= 11 is 6.64. The zero-order chi connectivity index (χ0) is 18.9. The number of benzene rings is 1. The van der Waals surface area contributed by atoms with Crippen LogP contribution in [0.3, 0.4) is 0 Å². The fourth-order valence-electron chi connectivity index (χ4n) is 2.90. The quantitative estimate of drug-likeness (QED) is 0.378. The van der Waals surface area contributed by atoms with Crippen molar-refractivity contribution in [1.82, 2.24) is 0 Å². The SMILES string of the molecule is CCC.CCCCCc1cc(CCCCC)c(Cl)c(CCCCO)c1. The predicted octanol–water partition coefficient (Wildman–Crippen LogP) is 7.54. The highest BCUT2D eigenvalue weighted by atomic mass is 35.5. The Labute approximate surface area is 162 Å². The Balaban J connectivity index is 0.00000178. The van der Waals surface area contributed by atoms with Crippen molar-refractivity contribution in [3.8, 4) is 0 Å². The molecule has 0 amide bonds. The van der Waals surface area contributed by atoms with Crippen LogP contribution in [0.2, 0.25) is 5.02 Å². The maximum absolute atomic E-state index is 8.98. The molecule has 0 aliphatic carbocycles. The molecule has 0 aliphatic rings. The van der Waals surface area contributed by atoms with E-state index in [0.717, 1.165) is 30.7 Å². The van der Waals surface area contributed by atoms with Gasteiger partial charge in [0.1, 0.15) is 0 Å². The summed E-state index contributed by atoms with van der Waals surface area (Å²) < 4.78 is 0. The summed E-state index contributed by atoms with van der Waals surface area (Å²) in [6.45, 7) is 9.01. The summed E-state index contributed by atoms with van der Waals surface area (Å²) in [5, 5.41) is 9.96. The summed E-state index contributed by atoms with van der Waals surface area (Å²) in [4.78, 5) is 0. The first-order valence-electron chi connectivity index (χ1n) is 10.5. The molecule has 1 aromatic rings. The van der Waals surface area contributed by atoms with E-state index in [4.69, 9.17) is 16.7 Å². The first-order valence-corrected chi connectivity index (χ1v) is 10.9. The molecule has 0 atom stereocenters. The normalized spacial score (nSPS) is 10.5. The Morgan fingerprint density at radius 1 is 0.720 bits per heavy atom. The fourth-order valence-corrected chi connectivity index (χ4v) is 3.20. The third kappa shape index (κ3) is 11.7. The third-order valence-electron chi connectivity index (χ3n) is 4.26. The van der Waals surface area contributed by atoms with E-state index in [1.54, 1.807) is 0 Å². The number of halogens is 1. The smallest absolute Gasteiger partial charge is 0.0470 e. The van der Waals surface area contributed by atoms with Crippen LogP contribution in [-0.2, 0) is 19.3 Å². The van der Waals surface area contributed by atoms with Crippen molar-refractivity contribution in [2.45, 2.75) is 105 Å². The van der Waals surface area contributed by atoms with Crippen molar-refractivity contribution in [2.75, 3.05) is 6.61 Å². The van der Waals surface area contributed by atoms with E-state index in [2.05, 4.69) is 39.8 Å². The maximum atomic E-state index is 8.98. The molecule has 146 valence electrons. The Hall–Kier alpha value is -0.530. The van der Waals surface area contributed by atoms with Crippen molar-refractivity contribution < 1.29 is 5.11 Å². The molecule has 0 spiro atoms. The van der Waals surface area contributed by atoms with Gasteiger partial charge in [-0.3, -0.25) is 0 Å². The molecule has 0 radical (unpaired) electrons. The molecule has 0 unspecified atom stereocenters. The molecular weight excluding hydrogens is 328 g/mol. The van der Waals surface area contributed by atoms with Gasteiger partial charge in [-0.2, -0.15) is 0 Å². The van der Waals surface area contributed by atoms with Crippen LogP contribution >= 0.6 is 11.6 Å². The minimum Gasteiger partial charge on any atom is -0.396 e. The number of hydrogen-bond acceptors (Lipinski definition) is 1. The Morgan fingerprint density at radius 2 is 1.16 bits per heavy atom. The predicted molar refractivity (Wildman–Crippen MR) is 114 cm³/mol. The van der Waals surface area contributed by atoms with E-state index in [9.17, 15) is 0 Å². The summed E-state index contributed by atoms with van der Waals surface area (Å²) in [6.07, 6.45) is 14.0. The molecule has 0 aromatic heterocycles. The first-order chi connectivity index (χ1) is 12.1. The van der Waals surface area contributed by atoms with Crippen molar-refractivity contribution in [1.29, 1.82) is 0 Å². The highest BCUT2D eigenvalue weighted by Crippen LogP contribution is 2.27. The van der Waals surface area contributed by atoms with Crippen LogP contribution in [0.5, 0.6) is 0 Å². The monoisotopic (exact) mass is 368 g/mol.